The summed E-state index contributed by atoms with van der Waals surface area (Å²) in [7, 11) is 3.87. The van der Waals surface area contributed by atoms with E-state index in [4.69, 9.17) is 0 Å². The second kappa shape index (κ2) is 6.91. The maximum absolute atomic E-state index is 12.4. The van der Waals surface area contributed by atoms with E-state index in [0.29, 0.717) is 13.1 Å². The van der Waals surface area contributed by atoms with Crippen molar-refractivity contribution in [2.45, 2.75) is 0 Å². The Morgan fingerprint density at radius 1 is 1.24 bits per heavy atom. The van der Waals surface area contributed by atoms with Crippen LogP contribution in [0.4, 0.5) is 5.69 Å². The first-order valence-corrected chi connectivity index (χ1v) is 6.99. The summed E-state index contributed by atoms with van der Waals surface area (Å²) in [5.41, 5.74) is 1.11. The Labute approximate surface area is 125 Å². The fourth-order valence-corrected chi connectivity index (χ4v) is 2.24. The molecule has 110 valence electrons. The molecule has 1 aromatic carbocycles. The average Bonchev–Trinajstić information content (AvgIpc) is 2.53. The highest BCUT2D eigenvalue weighted by Crippen LogP contribution is 2.14. The molecular weight excluding hydrogens is 264 g/mol. The Kier molecular flexibility index (Phi) is 4.96. The van der Waals surface area contributed by atoms with Crippen molar-refractivity contribution in [2.75, 3.05) is 45.2 Å². The largest absolute Gasteiger partial charge is 0.350 e. The quantitative estimate of drug-likeness (QED) is 0.620. The third-order valence-electron chi connectivity index (χ3n) is 3.63. The molecular formula is C16H20N4O. The molecule has 0 aliphatic carbocycles. The van der Waals surface area contributed by atoms with Gasteiger partial charge in [-0.2, -0.15) is 5.26 Å². The van der Waals surface area contributed by atoms with Crippen LogP contribution in [-0.2, 0) is 4.79 Å². The molecule has 0 unspecified atom stereocenters. The van der Waals surface area contributed by atoms with E-state index in [1.807, 2.05) is 50.5 Å². The molecule has 1 aliphatic heterocycles. The van der Waals surface area contributed by atoms with Crippen molar-refractivity contribution in [3.05, 3.63) is 42.1 Å². The van der Waals surface area contributed by atoms with E-state index in [0.717, 1.165) is 18.8 Å². The average molecular weight is 284 g/mol. The van der Waals surface area contributed by atoms with Crippen LogP contribution in [0.1, 0.15) is 0 Å². The Balaban J connectivity index is 2.10. The van der Waals surface area contributed by atoms with E-state index in [1.54, 1.807) is 16.0 Å². The normalized spacial score (nSPS) is 16.4. The van der Waals surface area contributed by atoms with Gasteiger partial charge in [-0.3, -0.25) is 4.79 Å². The topological polar surface area (TPSA) is 50.6 Å². The van der Waals surface area contributed by atoms with Crippen molar-refractivity contribution in [3.63, 3.8) is 0 Å². The molecule has 1 fully saturated rings. The minimum atomic E-state index is -0.187. The highest BCUT2D eigenvalue weighted by atomic mass is 16.2. The zero-order valence-electron chi connectivity index (χ0n) is 12.5. The Hall–Kier alpha value is -2.32. The van der Waals surface area contributed by atoms with Crippen molar-refractivity contribution < 1.29 is 4.79 Å². The summed E-state index contributed by atoms with van der Waals surface area (Å²) in [6.45, 7) is 3.03. The van der Waals surface area contributed by atoms with Crippen LogP contribution in [0.5, 0.6) is 0 Å². The SMILES string of the molecule is CN1CCN(C(=O)/C(C#N)=C\N(C)c2ccccc2)CC1. The Morgan fingerprint density at radius 2 is 1.86 bits per heavy atom. The van der Waals surface area contributed by atoms with Gasteiger partial charge in [-0.15, -0.1) is 0 Å². The minimum absolute atomic E-state index is 0.172. The molecule has 0 saturated carbocycles. The van der Waals surface area contributed by atoms with Gasteiger partial charge < -0.3 is 14.7 Å². The molecule has 0 spiro atoms. The summed E-state index contributed by atoms with van der Waals surface area (Å²) in [6.07, 6.45) is 1.61. The zero-order valence-corrected chi connectivity index (χ0v) is 12.5. The number of piperazine rings is 1. The number of carbonyl (C=O) groups excluding carboxylic acids is 1. The first-order chi connectivity index (χ1) is 10.1. The van der Waals surface area contributed by atoms with E-state index in [2.05, 4.69) is 4.90 Å². The summed E-state index contributed by atoms with van der Waals surface area (Å²) in [6, 6.07) is 11.7. The maximum atomic E-state index is 12.4. The molecule has 0 radical (unpaired) electrons. The predicted molar refractivity (Wildman–Crippen MR) is 82.6 cm³/mol. The summed E-state index contributed by atoms with van der Waals surface area (Å²) in [4.78, 5) is 18.1. The van der Waals surface area contributed by atoms with E-state index < -0.39 is 0 Å². The van der Waals surface area contributed by atoms with Gasteiger partial charge in [0.1, 0.15) is 11.6 Å². The van der Waals surface area contributed by atoms with Gasteiger partial charge in [0.2, 0.25) is 0 Å². The number of amides is 1. The lowest BCUT2D eigenvalue weighted by molar-refractivity contribution is -0.128. The molecule has 1 aliphatic rings. The lowest BCUT2D eigenvalue weighted by atomic mass is 10.2. The van der Waals surface area contributed by atoms with Crippen molar-refractivity contribution in [1.29, 1.82) is 5.26 Å². The Bertz CT molecular complexity index is 553. The van der Waals surface area contributed by atoms with Crippen molar-refractivity contribution in [2.24, 2.45) is 0 Å². The molecule has 2 rings (SSSR count). The van der Waals surface area contributed by atoms with Gasteiger partial charge in [0.25, 0.3) is 5.91 Å². The van der Waals surface area contributed by atoms with E-state index in [9.17, 15) is 10.1 Å². The number of nitriles is 1. The summed E-state index contributed by atoms with van der Waals surface area (Å²) in [5.74, 6) is -0.187. The van der Waals surface area contributed by atoms with Crippen LogP contribution in [0, 0.1) is 11.3 Å². The van der Waals surface area contributed by atoms with Crippen LogP contribution < -0.4 is 4.90 Å². The van der Waals surface area contributed by atoms with Gasteiger partial charge in [-0.05, 0) is 19.2 Å². The van der Waals surface area contributed by atoms with Gasteiger partial charge >= 0.3 is 0 Å². The van der Waals surface area contributed by atoms with Gasteiger partial charge in [-0.25, -0.2) is 0 Å². The number of likely N-dealkylation sites (N-methyl/N-ethyl adjacent to an activating group) is 1. The molecule has 0 atom stereocenters. The smallest absolute Gasteiger partial charge is 0.266 e. The molecule has 0 bridgehead atoms. The molecule has 0 N–H and O–H groups in total. The van der Waals surface area contributed by atoms with Crippen LogP contribution in [0.25, 0.3) is 0 Å². The van der Waals surface area contributed by atoms with Crippen molar-refractivity contribution in [1.82, 2.24) is 9.80 Å². The number of hydrogen-bond acceptors (Lipinski definition) is 4. The van der Waals surface area contributed by atoms with Gasteiger partial charge in [-0.1, -0.05) is 18.2 Å². The molecule has 1 aromatic rings. The number of carbonyl (C=O) groups is 1. The second-order valence-electron chi connectivity index (χ2n) is 5.20. The van der Waals surface area contributed by atoms with Gasteiger partial charge in [0.15, 0.2) is 0 Å². The molecule has 5 nitrogen and oxygen atoms in total. The number of benzene rings is 1. The molecule has 1 saturated heterocycles. The molecule has 1 amide bonds. The zero-order chi connectivity index (χ0) is 15.2. The second-order valence-corrected chi connectivity index (χ2v) is 5.20. The van der Waals surface area contributed by atoms with Crippen LogP contribution in [0.15, 0.2) is 42.1 Å². The van der Waals surface area contributed by atoms with Gasteiger partial charge in [0, 0.05) is 45.1 Å². The minimum Gasteiger partial charge on any atom is -0.350 e. The number of anilines is 1. The van der Waals surface area contributed by atoms with Crippen molar-refractivity contribution in [3.8, 4) is 6.07 Å². The fraction of sp³-hybridized carbons (Fsp3) is 0.375. The molecule has 21 heavy (non-hydrogen) atoms. The summed E-state index contributed by atoms with van der Waals surface area (Å²) < 4.78 is 0. The third kappa shape index (κ3) is 3.83. The first-order valence-electron chi connectivity index (χ1n) is 6.99. The van der Waals surface area contributed by atoms with Gasteiger partial charge in [0.05, 0.1) is 0 Å². The summed E-state index contributed by atoms with van der Waals surface area (Å²) >= 11 is 0. The Morgan fingerprint density at radius 3 is 2.43 bits per heavy atom. The number of hydrogen-bond donors (Lipinski definition) is 0. The highest BCUT2D eigenvalue weighted by molar-refractivity contribution is 5.97. The molecule has 5 heteroatoms. The van der Waals surface area contributed by atoms with E-state index in [-0.39, 0.29) is 11.5 Å². The van der Waals surface area contributed by atoms with Crippen LogP contribution in [-0.4, -0.2) is 56.0 Å². The maximum Gasteiger partial charge on any atom is 0.266 e. The standard InChI is InChI=1S/C16H20N4O/c1-18-8-10-20(11-9-18)16(21)14(12-17)13-19(2)15-6-4-3-5-7-15/h3-7,13H,8-11H2,1-2H3/b14-13-. The van der Waals surface area contributed by atoms with Crippen LogP contribution >= 0.6 is 0 Å². The van der Waals surface area contributed by atoms with Crippen LogP contribution in [0.3, 0.4) is 0 Å². The molecule has 1 heterocycles. The fourth-order valence-electron chi connectivity index (χ4n) is 2.24. The predicted octanol–water partition coefficient (Wildman–Crippen LogP) is 1.30. The first kappa shape index (κ1) is 15.1. The number of rotatable bonds is 3. The lowest BCUT2D eigenvalue weighted by Crippen LogP contribution is -2.47. The third-order valence-corrected chi connectivity index (χ3v) is 3.63. The highest BCUT2D eigenvalue weighted by Gasteiger charge is 2.22. The lowest BCUT2D eigenvalue weighted by Gasteiger charge is -2.32. The monoisotopic (exact) mass is 284 g/mol. The number of para-hydroxylation sites is 1. The summed E-state index contributed by atoms with van der Waals surface area (Å²) in [5, 5.41) is 9.27. The number of nitrogens with zero attached hydrogens (tertiary/aromatic N) is 4. The van der Waals surface area contributed by atoms with E-state index >= 15 is 0 Å². The van der Waals surface area contributed by atoms with Crippen molar-refractivity contribution >= 4 is 11.6 Å². The van der Waals surface area contributed by atoms with E-state index in [1.165, 1.54) is 0 Å². The van der Waals surface area contributed by atoms with Crippen LogP contribution in [0.2, 0.25) is 0 Å². The molecule has 0 aromatic heterocycles.